The number of nitrogens with one attached hydrogen (secondary N) is 2. The van der Waals surface area contributed by atoms with E-state index in [2.05, 4.69) is 31.4 Å². The first-order valence-electron chi connectivity index (χ1n) is 6.63. The molecule has 0 aromatic rings. The Labute approximate surface area is 112 Å². The zero-order valence-corrected chi connectivity index (χ0v) is 12.1. The number of hydrogen-bond donors (Lipinski definition) is 2. The van der Waals surface area contributed by atoms with Gasteiger partial charge in [-0.1, -0.05) is 27.2 Å². The summed E-state index contributed by atoms with van der Waals surface area (Å²) >= 11 is 0. The molecule has 0 aliphatic carbocycles. The van der Waals surface area contributed by atoms with E-state index in [1.807, 2.05) is 0 Å². The van der Waals surface area contributed by atoms with Gasteiger partial charge in [-0.05, 0) is 31.2 Å². The SMILES string of the molecule is CCC(CC(=O)NCC1CCCN1)C(C)C.Cl. The standard InChI is InChI=1S/C13H26N2O.ClH/c1-4-11(10(2)3)8-13(16)15-9-12-6-5-7-14-12;/h10-12,14H,4-9H2,1-3H3,(H,15,16);1H. The molecular formula is C13H27ClN2O. The lowest BCUT2D eigenvalue weighted by Gasteiger charge is -2.19. The summed E-state index contributed by atoms with van der Waals surface area (Å²) < 4.78 is 0. The Bertz CT molecular complexity index is 215. The number of carbonyl (C=O) groups excluding carboxylic acids is 1. The van der Waals surface area contributed by atoms with Crippen LogP contribution >= 0.6 is 12.4 Å². The quantitative estimate of drug-likeness (QED) is 0.772. The van der Waals surface area contributed by atoms with Gasteiger partial charge in [0.1, 0.15) is 0 Å². The van der Waals surface area contributed by atoms with Gasteiger partial charge in [0.25, 0.3) is 0 Å². The Hall–Kier alpha value is -0.280. The van der Waals surface area contributed by atoms with E-state index in [1.54, 1.807) is 0 Å². The number of rotatable bonds is 6. The molecule has 2 atom stereocenters. The van der Waals surface area contributed by atoms with Gasteiger partial charge in [0, 0.05) is 19.0 Å². The second kappa shape index (κ2) is 8.76. The lowest BCUT2D eigenvalue weighted by molar-refractivity contribution is -0.122. The van der Waals surface area contributed by atoms with E-state index in [9.17, 15) is 4.79 Å². The van der Waals surface area contributed by atoms with Crippen LogP contribution in [0.4, 0.5) is 0 Å². The topological polar surface area (TPSA) is 41.1 Å². The van der Waals surface area contributed by atoms with Gasteiger partial charge in [-0.2, -0.15) is 0 Å². The van der Waals surface area contributed by atoms with Gasteiger partial charge in [0.05, 0.1) is 0 Å². The van der Waals surface area contributed by atoms with Crippen LogP contribution in [0.3, 0.4) is 0 Å². The normalized spacial score (nSPS) is 21.1. The highest BCUT2D eigenvalue weighted by Gasteiger charge is 2.18. The summed E-state index contributed by atoms with van der Waals surface area (Å²) in [6, 6.07) is 0.503. The first-order valence-corrected chi connectivity index (χ1v) is 6.63. The highest BCUT2D eigenvalue weighted by molar-refractivity contribution is 5.85. The van der Waals surface area contributed by atoms with E-state index in [0.717, 1.165) is 19.5 Å². The molecule has 1 aliphatic rings. The first kappa shape index (κ1) is 16.7. The highest BCUT2D eigenvalue weighted by atomic mass is 35.5. The fraction of sp³-hybridized carbons (Fsp3) is 0.923. The summed E-state index contributed by atoms with van der Waals surface area (Å²) in [5, 5.41) is 6.43. The molecule has 1 fully saturated rings. The predicted molar refractivity (Wildman–Crippen MR) is 74.5 cm³/mol. The van der Waals surface area contributed by atoms with E-state index < -0.39 is 0 Å². The third-order valence-corrected chi connectivity index (χ3v) is 3.62. The molecule has 2 unspecified atom stereocenters. The molecule has 1 saturated heterocycles. The maximum atomic E-state index is 11.7. The zero-order valence-electron chi connectivity index (χ0n) is 11.3. The van der Waals surface area contributed by atoms with E-state index in [1.165, 1.54) is 12.8 Å². The third kappa shape index (κ3) is 6.27. The summed E-state index contributed by atoms with van der Waals surface area (Å²) in [4.78, 5) is 11.7. The van der Waals surface area contributed by atoms with Gasteiger partial charge >= 0.3 is 0 Å². The van der Waals surface area contributed by atoms with Gasteiger partial charge in [-0.3, -0.25) is 4.79 Å². The van der Waals surface area contributed by atoms with Crippen molar-refractivity contribution in [1.82, 2.24) is 10.6 Å². The van der Waals surface area contributed by atoms with Gasteiger partial charge in [-0.25, -0.2) is 0 Å². The molecule has 0 radical (unpaired) electrons. The van der Waals surface area contributed by atoms with Crippen molar-refractivity contribution in [2.75, 3.05) is 13.1 Å². The minimum atomic E-state index is 0. The monoisotopic (exact) mass is 262 g/mol. The van der Waals surface area contributed by atoms with Crippen LogP contribution in [0.25, 0.3) is 0 Å². The van der Waals surface area contributed by atoms with Crippen molar-refractivity contribution in [3.8, 4) is 0 Å². The Morgan fingerprint density at radius 3 is 2.65 bits per heavy atom. The average molecular weight is 263 g/mol. The average Bonchev–Trinajstić information content (AvgIpc) is 2.75. The van der Waals surface area contributed by atoms with Crippen LogP contribution < -0.4 is 10.6 Å². The van der Waals surface area contributed by atoms with Crippen molar-refractivity contribution in [2.45, 2.75) is 52.5 Å². The lowest BCUT2D eigenvalue weighted by atomic mass is 9.90. The minimum absolute atomic E-state index is 0. The molecule has 0 bridgehead atoms. The van der Waals surface area contributed by atoms with E-state index in [4.69, 9.17) is 0 Å². The van der Waals surface area contributed by atoms with Crippen molar-refractivity contribution in [2.24, 2.45) is 11.8 Å². The first-order chi connectivity index (χ1) is 7.63. The van der Waals surface area contributed by atoms with Gasteiger partial charge in [0.2, 0.25) is 5.91 Å². The number of carbonyl (C=O) groups is 1. The maximum absolute atomic E-state index is 11.7. The van der Waals surface area contributed by atoms with Crippen LogP contribution in [0.5, 0.6) is 0 Å². The number of halogens is 1. The van der Waals surface area contributed by atoms with E-state index in [0.29, 0.717) is 24.3 Å². The van der Waals surface area contributed by atoms with Gasteiger partial charge < -0.3 is 10.6 Å². The molecule has 2 N–H and O–H groups in total. The minimum Gasteiger partial charge on any atom is -0.355 e. The molecule has 0 saturated carbocycles. The van der Waals surface area contributed by atoms with E-state index >= 15 is 0 Å². The summed E-state index contributed by atoms with van der Waals surface area (Å²) in [5.74, 6) is 1.34. The van der Waals surface area contributed by atoms with Crippen LogP contribution in [0.15, 0.2) is 0 Å². The van der Waals surface area contributed by atoms with Gasteiger partial charge in [-0.15, -0.1) is 12.4 Å². The molecule has 0 aromatic heterocycles. The van der Waals surface area contributed by atoms with E-state index in [-0.39, 0.29) is 18.3 Å². The lowest BCUT2D eigenvalue weighted by Crippen LogP contribution is -2.38. The van der Waals surface area contributed by atoms with Crippen molar-refractivity contribution in [3.05, 3.63) is 0 Å². The molecule has 1 heterocycles. The van der Waals surface area contributed by atoms with Crippen LogP contribution in [0.2, 0.25) is 0 Å². The Morgan fingerprint density at radius 1 is 1.47 bits per heavy atom. The van der Waals surface area contributed by atoms with Crippen LogP contribution in [-0.2, 0) is 4.79 Å². The van der Waals surface area contributed by atoms with Crippen molar-refractivity contribution in [3.63, 3.8) is 0 Å². The molecule has 17 heavy (non-hydrogen) atoms. The number of hydrogen-bond acceptors (Lipinski definition) is 2. The maximum Gasteiger partial charge on any atom is 0.220 e. The molecular weight excluding hydrogens is 236 g/mol. The second-order valence-corrected chi connectivity index (χ2v) is 5.21. The second-order valence-electron chi connectivity index (χ2n) is 5.21. The Morgan fingerprint density at radius 2 is 2.18 bits per heavy atom. The van der Waals surface area contributed by atoms with Crippen molar-refractivity contribution >= 4 is 18.3 Å². The molecule has 0 spiro atoms. The van der Waals surface area contributed by atoms with Crippen LogP contribution in [-0.4, -0.2) is 25.0 Å². The Kier molecular flexibility index (Phi) is 8.61. The van der Waals surface area contributed by atoms with Crippen molar-refractivity contribution < 1.29 is 4.79 Å². The molecule has 4 heteroatoms. The predicted octanol–water partition coefficient (Wildman–Crippen LogP) is 2.35. The van der Waals surface area contributed by atoms with Crippen LogP contribution in [0.1, 0.15) is 46.5 Å². The smallest absolute Gasteiger partial charge is 0.220 e. The molecule has 1 rings (SSSR count). The van der Waals surface area contributed by atoms with Crippen LogP contribution in [0, 0.1) is 11.8 Å². The fourth-order valence-electron chi connectivity index (χ4n) is 2.33. The summed E-state index contributed by atoms with van der Waals surface area (Å²) in [5.41, 5.74) is 0. The number of amides is 1. The summed E-state index contributed by atoms with van der Waals surface area (Å²) in [7, 11) is 0. The summed E-state index contributed by atoms with van der Waals surface area (Å²) in [6.45, 7) is 8.45. The summed E-state index contributed by atoms with van der Waals surface area (Å²) in [6.07, 6.45) is 4.21. The molecule has 0 aromatic carbocycles. The third-order valence-electron chi connectivity index (χ3n) is 3.62. The van der Waals surface area contributed by atoms with Gasteiger partial charge in [0.15, 0.2) is 0 Å². The fourth-order valence-corrected chi connectivity index (χ4v) is 2.33. The Balaban J connectivity index is 0.00000256. The largest absolute Gasteiger partial charge is 0.355 e. The highest BCUT2D eigenvalue weighted by Crippen LogP contribution is 2.18. The zero-order chi connectivity index (χ0) is 12.0. The molecule has 1 amide bonds. The van der Waals surface area contributed by atoms with Crippen molar-refractivity contribution in [1.29, 1.82) is 0 Å². The molecule has 3 nitrogen and oxygen atoms in total. The molecule has 102 valence electrons. The molecule has 1 aliphatic heterocycles.